The van der Waals surface area contributed by atoms with Gasteiger partial charge in [-0.25, -0.2) is 9.97 Å². The van der Waals surface area contributed by atoms with Crippen molar-refractivity contribution in [3.8, 4) is 0 Å². The van der Waals surface area contributed by atoms with Gasteiger partial charge in [0.2, 0.25) is 5.91 Å². The molecule has 1 aliphatic rings. The van der Waals surface area contributed by atoms with Crippen molar-refractivity contribution in [2.24, 2.45) is 10.7 Å². The Morgan fingerprint density at radius 2 is 2.14 bits per heavy atom. The number of nitrogens with two attached hydrogens (primary N) is 1. The second kappa shape index (κ2) is 10.7. The smallest absolute Gasteiger partial charge is 0.271 e. The zero-order valence-corrected chi connectivity index (χ0v) is 22.9. The van der Waals surface area contributed by atoms with Crippen molar-refractivity contribution in [2.75, 3.05) is 22.1 Å². The molecular weight excluding hydrogens is 595 g/mol. The van der Waals surface area contributed by atoms with Gasteiger partial charge in [-0.05, 0) is 72.6 Å². The zero-order chi connectivity index (χ0) is 26.0. The molecule has 0 fully saturated rings. The molecule has 0 bridgehead atoms. The van der Waals surface area contributed by atoms with E-state index in [2.05, 4.69) is 52.6 Å². The van der Waals surface area contributed by atoms with E-state index in [9.17, 15) is 14.4 Å². The number of amidine groups is 1. The summed E-state index contributed by atoms with van der Waals surface area (Å²) < 4.78 is 3.33. The SMILES string of the molecule is CCC(=O)Nc1nc(I)cc2c1CCN2C(=O)c1ccc(Nc2s[nH]c(=O)c2C(N)=NC(C)C)nc1. The van der Waals surface area contributed by atoms with E-state index in [1.807, 2.05) is 19.9 Å². The number of aromatic nitrogens is 3. The van der Waals surface area contributed by atoms with Crippen LogP contribution >= 0.6 is 34.1 Å². The molecule has 3 aromatic rings. The Bertz CT molecular complexity index is 1400. The summed E-state index contributed by atoms with van der Waals surface area (Å²) in [6.07, 6.45) is 2.41. The molecule has 3 aromatic heterocycles. The number of nitrogens with zero attached hydrogens (tertiary/aromatic N) is 4. The lowest BCUT2D eigenvalue weighted by atomic mass is 10.2. The van der Waals surface area contributed by atoms with Gasteiger partial charge in [0.25, 0.3) is 11.5 Å². The summed E-state index contributed by atoms with van der Waals surface area (Å²) in [4.78, 5) is 52.2. The maximum atomic E-state index is 13.3. The third-order valence-corrected chi connectivity index (χ3v) is 6.73. The molecule has 11 nitrogen and oxygen atoms in total. The maximum Gasteiger partial charge on any atom is 0.271 e. The fourth-order valence-electron chi connectivity index (χ4n) is 3.73. The number of amides is 2. The summed E-state index contributed by atoms with van der Waals surface area (Å²) in [6, 6.07) is 5.11. The second-order valence-corrected chi connectivity index (χ2v) is 10.2. The normalized spacial score (nSPS) is 13.1. The van der Waals surface area contributed by atoms with Crippen LogP contribution in [0.5, 0.6) is 0 Å². The van der Waals surface area contributed by atoms with Crippen molar-refractivity contribution in [1.29, 1.82) is 0 Å². The largest absolute Gasteiger partial charge is 0.383 e. The lowest BCUT2D eigenvalue weighted by Crippen LogP contribution is -2.29. The molecule has 0 aliphatic carbocycles. The molecule has 0 atom stereocenters. The lowest BCUT2D eigenvalue weighted by molar-refractivity contribution is -0.115. The molecule has 0 saturated carbocycles. The second-order valence-electron chi connectivity index (χ2n) is 8.30. The van der Waals surface area contributed by atoms with Gasteiger partial charge in [0.15, 0.2) is 0 Å². The summed E-state index contributed by atoms with van der Waals surface area (Å²) in [5, 5.41) is 6.40. The van der Waals surface area contributed by atoms with Crippen LogP contribution in [0.2, 0.25) is 0 Å². The average molecular weight is 620 g/mol. The summed E-state index contributed by atoms with van der Waals surface area (Å²) in [5.41, 5.74) is 7.93. The summed E-state index contributed by atoms with van der Waals surface area (Å²) in [6.45, 7) is 5.99. The maximum absolute atomic E-state index is 13.3. The molecule has 0 radical (unpaired) electrons. The van der Waals surface area contributed by atoms with E-state index in [-0.39, 0.29) is 34.8 Å². The molecule has 0 aromatic carbocycles. The van der Waals surface area contributed by atoms with Crippen LogP contribution in [-0.4, -0.2) is 44.6 Å². The fourth-order valence-corrected chi connectivity index (χ4v) is 5.01. The topological polar surface area (TPSA) is 158 Å². The standard InChI is InChI=1S/C23H25IN8O3S/c1-4-17(33)30-20-13-7-8-32(14(13)9-15(24)28-20)23(35)12-5-6-16(26-10-12)29-22-18(21(34)31-36-22)19(25)27-11(2)3/h5-6,9-11H,4,7-8H2,1-3H3,(H2,25,27)(H,26,29)(H,31,34)(H,28,30,33). The number of anilines is 4. The van der Waals surface area contributed by atoms with Crippen LogP contribution < -0.4 is 26.8 Å². The molecule has 1 aliphatic heterocycles. The Kier molecular flexibility index (Phi) is 7.68. The number of aromatic amines is 1. The van der Waals surface area contributed by atoms with Crippen molar-refractivity contribution < 1.29 is 9.59 Å². The Morgan fingerprint density at radius 1 is 1.36 bits per heavy atom. The summed E-state index contributed by atoms with van der Waals surface area (Å²) >= 11 is 3.17. The van der Waals surface area contributed by atoms with Crippen LogP contribution in [0.25, 0.3) is 0 Å². The Labute approximate surface area is 224 Å². The molecule has 5 N–H and O–H groups in total. The minimum atomic E-state index is -0.331. The minimum Gasteiger partial charge on any atom is -0.383 e. The highest BCUT2D eigenvalue weighted by molar-refractivity contribution is 14.1. The van der Waals surface area contributed by atoms with Gasteiger partial charge >= 0.3 is 0 Å². The lowest BCUT2D eigenvalue weighted by Gasteiger charge is -2.18. The molecule has 188 valence electrons. The van der Waals surface area contributed by atoms with Crippen LogP contribution in [0.15, 0.2) is 34.2 Å². The Balaban J connectivity index is 1.54. The van der Waals surface area contributed by atoms with Gasteiger partial charge in [-0.15, -0.1) is 0 Å². The first kappa shape index (κ1) is 25.8. The van der Waals surface area contributed by atoms with Crippen LogP contribution in [0, 0.1) is 3.70 Å². The molecule has 0 unspecified atom stereocenters. The number of nitrogens with one attached hydrogen (secondary N) is 3. The first-order valence-electron chi connectivity index (χ1n) is 11.3. The molecule has 0 spiro atoms. The van der Waals surface area contributed by atoms with Crippen LogP contribution in [0.3, 0.4) is 0 Å². The van der Waals surface area contributed by atoms with Crippen molar-refractivity contribution in [2.45, 2.75) is 39.7 Å². The zero-order valence-electron chi connectivity index (χ0n) is 19.9. The number of carbonyl (C=O) groups is 2. The molecule has 36 heavy (non-hydrogen) atoms. The van der Waals surface area contributed by atoms with Crippen LogP contribution in [0.4, 0.5) is 22.3 Å². The van der Waals surface area contributed by atoms with Gasteiger partial charge in [-0.2, -0.15) is 0 Å². The van der Waals surface area contributed by atoms with Gasteiger partial charge in [0, 0.05) is 30.8 Å². The highest BCUT2D eigenvalue weighted by Crippen LogP contribution is 2.35. The van der Waals surface area contributed by atoms with Gasteiger partial charge in [-0.1, -0.05) is 6.92 Å². The quantitative estimate of drug-likeness (QED) is 0.137. The van der Waals surface area contributed by atoms with E-state index in [4.69, 9.17) is 5.73 Å². The van der Waals surface area contributed by atoms with E-state index < -0.39 is 0 Å². The highest BCUT2D eigenvalue weighted by Gasteiger charge is 2.29. The molecule has 2 amide bonds. The van der Waals surface area contributed by atoms with Crippen molar-refractivity contribution in [3.63, 3.8) is 0 Å². The predicted molar refractivity (Wildman–Crippen MR) is 150 cm³/mol. The van der Waals surface area contributed by atoms with Crippen LogP contribution in [-0.2, 0) is 11.2 Å². The van der Waals surface area contributed by atoms with Gasteiger partial charge < -0.3 is 21.3 Å². The van der Waals surface area contributed by atoms with Gasteiger partial charge in [0.1, 0.15) is 31.7 Å². The number of H-pyrrole nitrogens is 1. The average Bonchev–Trinajstić information content (AvgIpc) is 3.42. The first-order valence-corrected chi connectivity index (χ1v) is 13.2. The molecule has 4 heterocycles. The third kappa shape index (κ3) is 5.41. The first-order chi connectivity index (χ1) is 17.2. The van der Waals surface area contributed by atoms with Crippen molar-refractivity contribution in [1.82, 2.24) is 14.3 Å². The summed E-state index contributed by atoms with van der Waals surface area (Å²) in [5.74, 6) is 0.761. The molecule has 4 rings (SSSR count). The van der Waals surface area contributed by atoms with E-state index in [0.717, 1.165) is 22.8 Å². The van der Waals surface area contributed by atoms with Crippen LogP contribution in [0.1, 0.15) is 48.7 Å². The number of hydrogen-bond acceptors (Lipinski definition) is 8. The van der Waals surface area contributed by atoms with E-state index >= 15 is 0 Å². The predicted octanol–water partition coefficient (Wildman–Crippen LogP) is 3.24. The number of carbonyl (C=O) groups excluding carboxylic acids is 2. The number of rotatable bonds is 7. The van der Waals surface area contributed by atoms with Gasteiger partial charge in [0.05, 0.1) is 11.3 Å². The third-order valence-electron chi connectivity index (χ3n) is 5.38. The number of hydrogen-bond donors (Lipinski definition) is 4. The highest BCUT2D eigenvalue weighted by atomic mass is 127. The monoisotopic (exact) mass is 620 g/mol. The number of aliphatic imine (C=N–C) groups is 1. The summed E-state index contributed by atoms with van der Waals surface area (Å²) in [7, 11) is 0. The van der Waals surface area contributed by atoms with E-state index in [1.165, 1.54) is 6.20 Å². The number of pyridine rings is 2. The molecular formula is C23H25IN8O3S. The Morgan fingerprint density at radius 3 is 2.81 bits per heavy atom. The minimum absolute atomic E-state index is 0.0608. The van der Waals surface area contributed by atoms with Gasteiger partial charge in [-0.3, -0.25) is 23.7 Å². The van der Waals surface area contributed by atoms with Crippen molar-refractivity contribution in [3.05, 3.63) is 55.1 Å². The number of fused-ring (bicyclic) bond motifs is 1. The van der Waals surface area contributed by atoms with Crippen molar-refractivity contribution >= 4 is 74.1 Å². The molecule has 13 heteroatoms. The van der Waals surface area contributed by atoms with E-state index in [1.54, 1.807) is 24.0 Å². The molecule has 0 saturated heterocycles. The number of halogens is 1. The van der Waals surface area contributed by atoms with E-state index in [0.29, 0.717) is 45.3 Å². The Hall–Kier alpha value is -3.33. The fraction of sp³-hybridized carbons (Fsp3) is 0.304.